The van der Waals surface area contributed by atoms with E-state index in [-0.39, 0.29) is 17.6 Å². The Bertz CT molecular complexity index is 1260. The monoisotopic (exact) mass is 503 g/mol. The molecule has 1 N–H and O–H groups in total. The molecule has 3 unspecified atom stereocenters. The van der Waals surface area contributed by atoms with Gasteiger partial charge in [-0.15, -0.1) is 0 Å². The van der Waals surface area contributed by atoms with Crippen molar-refractivity contribution in [1.29, 1.82) is 0 Å². The number of nitrogens with zero attached hydrogens (tertiary/aromatic N) is 1. The highest BCUT2D eigenvalue weighted by atomic mass is 16.5. The highest BCUT2D eigenvalue weighted by molar-refractivity contribution is 5.70. The Labute approximate surface area is 219 Å². The van der Waals surface area contributed by atoms with E-state index in [1.165, 1.54) is 0 Å². The third-order valence-corrected chi connectivity index (χ3v) is 7.05. The minimum Gasteiger partial charge on any atom is -0.485 e. The highest BCUT2D eigenvalue weighted by Crippen LogP contribution is 2.43. The second kappa shape index (κ2) is 10.9. The summed E-state index contributed by atoms with van der Waals surface area (Å²) in [5, 5.41) is 9.30. The number of carboxylic acid groups (broad SMARTS) is 1. The van der Waals surface area contributed by atoms with Crippen LogP contribution >= 0.6 is 0 Å². The van der Waals surface area contributed by atoms with Crippen LogP contribution in [0.15, 0.2) is 54.7 Å². The van der Waals surface area contributed by atoms with Crippen LogP contribution in [0, 0.1) is 11.3 Å². The molecule has 4 rings (SSSR count). The predicted octanol–water partition coefficient (Wildman–Crippen LogP) is 6.82. The quantitative estimate of drug-likeness (QED) is 0.363. The number of pyridine rings is 1. The number of carboxylic acids is 1. The molecule has 1 aliphatic rings. The Hall–Kier alpha value is -3.38. The van der Waals surface area contributed by atoms with Gasteiger partial charge in [-0.3, -0.25) is 4.79 Å². The Morgan fingerprint density at radius 2 is 1.92 bits per heavy atom. The molecule has 2 aromatic carbocycles. The van der Waals surface area contributed by atoms with E-state index < -0.39 is 11.9 Å². The molecule has 37 heavy (non-hydrogen) atoms. The molecule has 0 radical (unpaired) electrons. The zero-order valence-electron chi connectivity index (χ0n) is 22.6. The van der Waals surface area contributed by atoms with Crippen molar-refractivity contribution >= 4 is 5.97 Å². The van der Waals surface area contributed by atoms with Gasteiger partial charge in [0.1, 0.15) is 11.9 Å². The number of methoxy groups -OCH3 is 2. The first-order chi connectivity index (χ1) is 17.6. The van der Waals surface area contributed by atoms with Crippen LogP contribution in [0.3, 0.4) is 0 Å². The number of aromatic nitrogens is 1. The summed E-state index contributed by atoms with van der Waals surface area (Å²) < 4.78 is 17.9. The molecule has 0 aliphatic carbocycles. The summed E-state index contributed by atoms with van der Waals surface area (Å²) in [6.45, 7) is 8.27. The van der Waals surface area contributed by atoms with Crippen LogP contribution in [0.1, 0.15) is 68.6 Å². The summed E-state index contributed by atoms with van der Waals surface area (Å²) in [4.78, 5) is 15.6. The number of aliphatic carboxylic acids is 1. The van der Waals surface area contributed by atoms with Crippen molar-refractivity contribution in [2.24, 2.45) is 11.3 Å². The maximum absolute atomic E-state index is 11.3. The summed E-state index contributed by atoms with van der Waals surface area (Å²) >= 11 is 0. The second-order valence-electron chi connectivity index (χ2n) is 10.9. The van der Waals surface area contributed by atoms with Crippen LogP contribution in [0.2, 0.25) is 0 Å². The van der Waals surface area contributed by atoms with E-state index in [1.807, 2.05) is 24.3 Å². The van der Waals surface area contributed by atoms with E-state index in [0.717, 1.165) is 52.0 Å². The molecular weight excluding hydrogens is 466 g/mol. The lowest BCUT2D eigenvalue weighted by Crippen LogP contribution is -2.22. The second-order valence-corrected chi connectivity index (χ2v) is 10.9. The van der Waals surface area contributed by atoms with Crippen LogP contribution in [-0.2, 0) is 22.4 Å². The first kappa shape index (κ1) is 26.7. The number of benzene rings is 2. The zero-order chi connectivity index (χ0) is 26.7. The summed E-state index contributed by atoms with van der Waals surface area (Å²) in [5.74, 6) is 0.178. The molecule has 3 aromatic rings. The fourth-order valence-electron chi connectivity index (χ4n) is 5.11. The van der Waals surface area contributed by atoms with Gasteiger partial charge in [0.25, 0.3) is 0 Å². The molecule has 0 amide bonds. The van der Waals surface area contributed by atoms with Crippen LogP contribution in [-0.4, -0.2) is 30.3 Å². The Morgan fingerprint density at radius 3 is 2.59 bits per heavy atom. The maximum atomic E-state index is 11.3. The van der Waals surface area contributed by atoms with Crippen molar-refractivity contribution in [2.75, 3.05) is 14.2 Å². The fraction of sp³-hybridized carbons (Fsp3) is 0.419. The molecular formula is C31H37NO5. The van der Waals surface area contributed by atoms with Gasteiger partial charge in [0.15, 0.2) is 0 Å². The Kier molecular flexibility index (Phi) is 7.88. The summed E-state index contributed by atoms with van der Waals surface area (Å²) in [6.07, 6.45) is 3.77. The lowest BCUT2D eigenvalue weighted by molar-refractivity contribution is -0.141. The SMILES string of the molecule is COc1cc(-c2ccc(C3CCc4ccc(CC(C)C(=O)O)cc4O3)cc2C(OC)C(C)(C)C)ccn1. The van der Waals surface area contributed by atoms with Gasteiger partial charge < -0.3 is 19.3 Å². The highest BCUT2D eigenvalue weighted by Gasteiger charge is 2.30. The normalized spacial score (nSPS) is 16.9. The first-order valence-corrected chi connectivity index (χ1v) is 12.8. The smallest absolute Gasteiger partial charge is 0.306 e. The summed E-state index contributed by atoms with van der Waals surface area (Å²) in [6, 6.07) is 16.5. The van der Waals surface area contributed by atoms with Gasteiger partial charge in [-0.25, -0.2) is 4.98 Å². The van der Waals surface area contributed by atoms with Crippen LogP contribution in [0.4, 0.5) is 0 Å². The van der Waals surface area contributed by atoms with Crippen LogP contribution in [0.25, 0.3) is 11.1 Å². The summed E-state index contributed by atoms with van der Waals surface area (Å²) in [5.41, 5.74) is 6.30. The minimum absolute atomic E-state index is 0.100. The molecule has 6 nitrogen and oxygen atoms in total. The molecule has 3 atom stereocenters. The number of hydrogen-bond donors (Lipinski definition) is 1. The number of aryl methyl sites for hydroxylation is 1. The number of rotatable bonds is 8. The lowest BCUT2D eigenvalue weighted by atomic mass is 9.80. The molecule has 0 saturated heterocycles. The standard InChI is InChI=1S/C31H37NO5/c1-19(30(33)34)15-20-7-8-21-10-12-26(37-27(21)16-20)23-9-11-24(22-13-14-32-28(18-22)35-5)25(17-23)29(36-6)31(2,3)4/h7-9,11,13-14,16-19,26,29H,10,12,15H2,1-6H3,(H,33,34). The van der Waals surface area contributed by atoms with Gasteiger partial charge in [-0.05, 0) is 76.3 Å². The number of ether oxygens (including phenoxy) is 3. The molecule has 6 heteroatoms. The molecule has 0 saturated carbocycles. The van der Waals surface area contributed by atoms with E-state index in [1.54, 1.807) is 27.3 Å². The van der Waals surface area contributed by atoms with E-state index >= 15 is 0 Å². The van der Waals surface area contributed by atoms with E-state index in [0.29, 0.717) is 12.3 Å². The Balaban J connectivity index is 1.70. The lowest BCUT2D eigenvalue weighted by Gasteiger charge is -2.33. The van der Waals surface area contributed by atoms with Crippen LogP contribution in [0.5, 0.6) is 11.6 Å². The fourth-order valence-corrected chi connectivity index (χ4v) is 5.11. The predicted molar refractivity (Wildman–Crippen MR) is 144 cm³/mol. The van der Waals surface area contributed by atoms with Crippen molar-refractivity contribution in [3.05, 3.63) is 77.0 Å². The third kappa shape index (κ3) is 5.96. The number of hydrogen-bond acceptors (Lipinski definition) is 5. The summed E-state index contributed by atoms with van der Waals surface area (Å²) in [7, 11) is 3.38. The van der Waals surface area contributed by atoms with Gasteiger partial charge in [0.05, 0.1) is 19.1 Å². The molecule has 1 aromatic heterocycles. The zero-order valence-corrected chi connectivity index (χ0v) is 22.6. The average molecular weight is 504 g/mol. The first-order valence-electron chi connectivity index (χ1n) is 12.8. The van der Waals surface area contributed by atoms with Crippen LogP contribution < -0.4 is 9.47 Å². The molecule has 196 valence electrons. The molecule has 0 spiro atoms. The van der Waals surface area contributed by atoms with Gasteiger partial charge in [-0.1, -0.05) is 52.0 Å². The van der Waals surface area contributed by atoms with Gasteiger partial charge in [0, 0.05) is 19.4 Å². The van der Waals surface area contributed by atoms with Crippen molar-refractivity contribution in [2.45, 2.75) is 59.2 Å². The van der Waals surface area contributed by atoms with Gasteiger partial charge in [0.2, 0.25) is 5.88 Å². The van der Waals surface area contributed by atoms with Gasteiger partial charge >= 0.3 is 5.97 Å². The van der Waals surface area contributed by atoms with Gasteiger partial charge in [-0.2, -0.15) is 0 Å². The number of fused-ring (bicyclic) bond motifs is 1. The van der Waals surface area contributed by atoms with Crippen molar-refractivity contribution in [3.8, 4) is 22.8 Å². The van der Waals surface area contributed by atoms with E-state index in [9.17, 15) is 9.90 Å². The van der Waals surface area contributed by atoms with Crippen molar-refractivity contribution in [3.63, 3.8) is 0 Å². The Morgan fingerprint density at radius 1 is 1.14 bits per heavy atom. The largest absolute Gasteiger partial charge is 0.485 e. The van der Waals surface area contributed by atoms with Crippen molar-refractivity contribution in [1.82, 2.24) is 4.98 Å². The van der Waals surface area contributed by atoms with E-state index in [4.69, 9.17) is 14.2 Å². The molecule has 0 bridgehead atoms. The number of carbonyl (C=O) groups is 1. The van der Waals surface area contributed by atoms with E-state index in [2.05, 4.69) is 50.0 Å². The molecule has 1 aliphatic heterocycles. The maximum Gasteiger partial charge on any atom is 0.306 e. The van der Waals surface area contributed by atoms with Crippen molar-refractivity contribution < 1.29 is 24.1 Å². The molecule has 0 fully saturated rings. The minimum atomic E-state index is -0.789. The average Bonchev–Trinajstić information content (AvgIpc) is 2.87. The topological polar surface area (TPSA) is 77.9 Å². The third-order valence-electron chi connectivity index (χ3n) is 7.05. The molecule has 2 heterocycles.